The first-order valence-electron chi connectivity index (χ1n) is 4.31. The maximum atomic E-state index is 9.39. The summed E-state index contributed by atoms with van der Waals surface area (Å²) in [5, 5.41) is 31.5. The van der Waals surface area contributed by atoms with Gasteiger partial charge in [-0.15, -0.1) is 0 Å². The Morgan fingerprint density at radius 2 is 1.88 bits per heavy atom. The molecule has 0 unspecified atom stereocenters. The van der Waals surface area contributed by atoms with Crippen LogP contribution in [0.5, 0.6) is 17.2 Å². The average Bonchev–Trinajstić information content (AvgIpc) is 2.21. The average molecular weight is 224 g/mol. The van der Waals surface area contributed by atoms with Gasteiger partial charge in [0.25, 0.3) is 0 Å². The highest BCUT2D eigenvalue weighted by Crippen LogP contribution is 2.30. The summed E-state index contributed by atoms with van der Waals surface area (Å²) in [6.07, 6.45) is 1.15. The van der Waals surface area contributed by atoms with Gasteiger partial charge in [-0.3, -0.25) is 4.99 Å². The van der Waals surface area contributed by atoms with Crippen molar-refractivity contribution >= 4 is 12.2 Å². The molecule has 0 fully saturated rings. The SMILES string of the molecule is CN=C(N)N/N=C/c1c(O)cc(O)cc1O. The zero-order valence-corrected chi connectivity index (χ0v) is 8.55. The van der Waals surface area contributed by atoms with Gasteiger partial charge in [0.05, 0.1) is 11.8 Å². The van der Waals surface area contributed by atoms with Gasteiger partial charge in [0, 0.05) is 19.2 Å². The zero-order valence-electron chi connectivity index (χ0n) is 8.55. The molecule has 0 spiro atoms. The Bertz CT molecular complexity index is 419. The van der Waals surface area contributed by atoms with Gasteiger partial charge in [-0.1, -0.05) is 0 Å². The largest absolute Gasteiger partial charge is 0.508 e. The van der Waals surface area contributed by atoms with Crippen LogP contribution in [0.3, 0.4) is 0 Å². The number of rotatable bonds is 2. The molecule has 0 aliphatic heterocycles. The van der Waals surface area contributed by atoms with Crippen LogP contribution in [-0.2, 0) is 0 Å². The first-order valence-corrected chi connectivity index (χ1v) is 4.31. The number of nitrogens with two attached hydrogens (primary N) is 1. The number of nitrogens with one attached hydrogen (secondary N) is 1. The topological polar surface area (TPSA) is 123 Å². The second-order valence-corrected chi connectivity index (χ2v) is 2.88. The lowest BCUT2D eigenvalue weighted by molar-refractivity contribution is 0.427. The van der Waals surface area contributed by atoms with Crippen LogP contribution in [0.1, 0.15) is 5.56 Å². The van der Waals surface area contributed by atoms with E-state index in [1.54, 1.807) is 0 Å². The van der Waals surface area contributed by atoms with Gasteiger partial charge in [0.15, 0.2) is 0 Å². The third-order valence-electron chi connectivity index (χ3n) is 1.73. The van der Waals surface area contributed by atoms with E-state index >= 15 is 0 Å². The summed E-state index contributed by atoms with van der Waals surface area (Å²) in [4.78, 5) is 3.58. The summed E-state index contributed by atoms with van der Waals surface area (Å²) in [5.41, 5.74) is 7.72. The molecule has 0 amide bonds. The lowest BCUT2D eigenvalue weighted by Crippen LogP contribution is -2.26. The van der Waals surface area contributed by atoms with Crippen LogP contribution >= 0.6 is 0 Å². The normalized spacial score (nSPS) is 11.9. The molecule has 1 aromatic carbocycles. The maximum Gasteiger partial charge on any atom is 0.209 e. The van der Waals surface area contributed by atoms with E-state index in [2.05, 4.69) is 15.5 Å². The van der Waals surface area contributed by atoms with Gasteiger partial charge in [-0.05, 0) is 0 Å². The quantitative estimate of drug-likeness (QED) is 0.267. The predicted molar refractivity (Wildman–Crippen MR) is 59.7 cm³/mol. The fourth-order valence-corrected chi connectivity index (χ4v) is 0.954. The number of hydrazone groups is 1. The standard InChI is InChI=1S/C9H12N4O3/c1-11-9(10)13-12-4-6-7(15)2-5(14)3-8(6)16/h2-4,14-16H,1H3,(H3,10,11,13)/b12-4+. The Hall–Kier alpha value is -2.44. The molecule has 86 valence electrons. The lowest BCUT2D eigenvalue weighted by Gasteiger charge is -2.03. The summed E-state index contributed by atoms with van der Waals surface area (Å²) < 4.78 is 0. The van der Waals surface area contributed by atoms with Gasteiger partial charge in [-0.2, -0.15) is 5.10 Å². The van der Waals surface area contributed by atoms with E-state index in [4.69, 9.17) is 10.8 Å². The molecule has 0 bridgehead atoms. The number of hydrogen-bond donors (Lipinski definition) is 5. The number of nitrogens with zero attached hydrogens (tertiary/aromatic N) is 2. The highest BCUT2D eigenvalue weighted by Gasteiger charge is 2.06. The number of phenolic OH excluding ortho intramolecular Hbond substituents is 3. The third-order valence-corrected chi connectivity index (χ3v) is 1.73. The van der Waals surface area contributed by atoms with Crippen LogP contribution < -0.4 is 11.2 Å². The van der Waals surface area contributed by atoms with Crippen LogP contribution in [0.15, 0.2) is 22.2 Å². The van der Waals surface area contributed by atoms with E-state index in [9.17, 15) is 10.2 Å². The molecule has 0 atom stereocenters. The monoisotopic (exact) mass is 224 g/mol. The number of benzene rings is 1. The molecule has 0 radical (unpaired) electrons. The van der Waals surface area contributed by atoms with Crippen LogP contribution in [0.4, 0.5) is 0 Å². The Morgan fingerprint density at radius 3 is 2.38 bits per heavy atom. The Kier molecular flexibility index (Phi) is 3.54. The molecule has 7 heteroatoms. The van der Waals surface area contributed by atoms with E-state index in [1.807, 2.05) is 0 Å². The first kappa shape index (κ1) is 11.6. The highest BCUT2D eigenvalue weighted by molar-refractivity contribution is 5.88. The molecule has 0 aliphatic carbocycles. The number of guanidine groups is 1. The van der Waals surface area contributed by atoms with E-state index in [1.165, 1.54) is 7.05 Å². The van der Waals surface area contributed by atoms with Crippen molar-refractivity contribution in [1.82, 2.24) is 5.43 Å². The smallest absolute Gasteiger partial charge is 0.209 e. The first-order chi connectivity index (χ1) is 7.54. The summed E-state index contributed by atoms with van der Waals surface area (Å²) in [7, 11) is 1.48. The van der Waals surface area contributed by atoms with Gasteiger partial charge < -0.3 is 21.1 Å². The number of hydrogen-bond acceptors (Lipinski definition) is 5. The Balaban J connectivity index is 2.89. The summed E-state index contributed by atoms with van der Waals surface area (Å²) in [5.74, 6) is -0.742. The molecule has 7 nitrogen and oxygen atoms in total. The lowest BCUT2D eigenvalue weighted by atomic mass is 10.2. The van der Waals surface area contributed by atoms with Crippen molar-refractivity contribution in [3.8, 4) is 17.2 Å². The fourth-order valence-electron chi connectivity index (χ4n) is 0.954. The van der Waals surface area contributed by atoms with Crippen molar-refractivity contribution in [3.63, 3.8) is 0 Å². The second kappa shape index (κ2) is 4.87. The summed E-state index contributed by atoms with van der Waals surface area (Å²) in [6, 6.07) is 2.16. The number of phenols is 3. The van der Waals surface area contributed by atoms with E-state index in [0.717, 1.165) is 18.3 Å². The molecule has 0 aliphatic rings. The summed E-state index contributed by atoms with van der Waals surface area (Å²) in [6.45, 7) is 0. The predicted octanol–water partition coefficient (Wildman–Crippen LogP) is -0.329. The Morgan fingerprint density at radius 1 is 1.31 bits per heavy atom. The van der Waals surface area contributed by atoms with Crippen molar-refractivity contribution in [1.29, 1.82) is 0 Å². The van der Waals surface area contributed by atoms with Crippen LogP contribution in [0.25, 0.3) is 0 Å². The zero-order chi connectivity index (χ0) is 12.1. The minimum absolute atomic E-state index is 0.0641. The van der Waals surface area contributed by atoms with Crippen LogP contribution in [0, 0.1) is 0 Å². The van der Waals surface area contributed by atoms with Gasteiger partial charge >= 0.3 is 0 Å². The second-order valence-electron chi connectivity index (χ2n) is 2.88. The van der Waals surface area contributed by atoms with Crippen LogP contribution in [0.2, 0.25) is 0 Å². The minimum Gasteiger partial charge on any atom is -0.508 e. The molecule has 0 saturated carbocycles. The van der Waals surface area contributed by atoms with Crippen LogP contribution in [-0.4, -0.2) is 34.5 Å². The van der Waals surface area contributed by atoms with E-state index in [0.29, 0.717) is 0 Å². The highest BCUT2D eigenvalue weighted by atomic mass is 16.3. The molecule has 0 heterocycles. The Labute approximate surface area is 91.6 Å². The van der Waals surface area contributed by atoms with Gasteiger partial charge in [0.1, 0.15) is 17.2 Å². The van der Waals surface area contributed by atoms with Crippen molar-refractivity contribution in [2.45, 2.75) is 0 Å². The number of aliphatic imine (C=N–C) groups is 1. The fraction of sp³-hybridized carbons (Fsp3) is 0.111. The maximum absolute atomic E-state index is 9.39. The molecular weight excluding hydrogens is 212 g/mol. The van der Waals surface area contributed by atoms with E-state index < -0.39 is 0 Å². The van der Waals surface area contributed by atoms with Crippen molar-refractivity contribution in [2.75, 3.05) is 7.05 Å². The van der Waals surface area contributed by atoms with Crippen molar-refractivity contribution < 1.29 is 15.3 Å². The summed E-state index contributed by atoms with van der Waals surface area (Å²) >= 11 is 0. The van der Waals surface area contributed by atoms with Gasteiger partial charge in [0.2, 0.25) is 5.96 Å². The minimum atomic E-state index is -0.296. The van der Waals surface area contributed by atoms with Crippen molar-refractivity contribution in [2.24, 2.45) is 15.8 Å². The molecule has 16 heavy (non-hydrogen) atoms. The van der Waals surface area contributed by atoms with Crippen molar-refractivity contribution in [3.05, 3.63) is 17.7 Å². The number of aromatic hydroxyl groups is 3. The molecular formula is C9H12N4O3. The molecule has 1 aromatic rings. The van der Waals surface area contributed by atoms with Gasteiger partial charge in [-0.25, -0.2) is 5.43 Å². The molecule has 1 rings (SSSR count). The third kappa shape index (κ3) is 2.77. The molecule has 0 saturated heterocycles. The molecule has 6 N–H and O–H groups in total. The van der Waals surface area contributed by atoms with E-state index in [-0.39, 0.29) is 28.8 Å². The molecule has 0 aromatic heterocycles.